The van der Waals surface area contributed by atoms with Crippen molar-refractivity contribution in [1.82, 2.24) is 10.1 Å². The zero-order valence-corrected chi connectivity index (χ0v) is 11.6. The molecule has 1 heterocycles. The van der Waals surface area contributed by atoms with E-state index in [9.17, 15) is 4.79 Å². The first-order valence-corrected chi connectivity index (χ1v) is 6.09. The lowest BCUT2D eigenvalue weighted by Crippen LogP contribution is -2.37. The number of aromatic nitrogens is 1. The van der Waals surface area contributed by atoms with E-state index < -0.39 is 0 Å². The lowest BCUT2D eigenvalue weighted by Gasteiger charge is -2.20. The van der Waals surface area contributed by atoms with Gasteiger partial charge in [0.2, 0.25) is 5.91 Å². The first-order chi connectivity index (χ1) is 9.15. The number of hydrogen-bond acceptors (Lipinski definition) is 6. The Bertz CT molecular complexity index is 373. The van der Waals surface area contributed by atoms with Crippen LogP contribution in [0.4, 0.5) is 5.82 Å². The van der Waals surface area contributed by atoms with Crippen molar-refractivity contribution < 1.29 is 18.8 Å². The molecule has 0 aliphatic rings. The summed E-state index contributed by atoms with van der Waals surface area (Å²) in [6.07, 6.45) is 0. The van der Waals surface area contributed by atoms with Gasteiger partial charge in [-0.15, -0.1) is 0 Å². The highest BCUT2D eigenvalue weighted by Gasteiger charge is 2.12. The van der Waals surface area contributed by atoms with Gasteiger partial charge in [0.1, 0.15) is 5.76 Å². The van der Waals surface area contributed by atoms with E-state index in [1.807, 2.05) is 4.90 Å². The normalized spacial score (nSPS) is 10.9. The number of anilines is 1. The van der Waals surface area contributed by atoms with E-state index in [0.29, 0.717) is 37.9 Å². The summed E-state index contributed by atoms with van der Waals surface area (Å²) in [6, 6.07) is 1.67. The third kappa shape index (κ3) is 6.32. The molecule has 7 heteroatoms. The molecule has 7 nitrogen and oxygen atoms in total. The van der Waals surface area contributed by atoms with Crippen molar-refractivity contribution in [3.63, 3.8) is 0 Å². The number of hydrogen-bond donors (Lipinski definition) is 1. The number of rotatable bonds is 9. The van der Waals surface area contributed by atoms with E-state index in [4.69, 9.17) is 14.0 Å². The van der Waals surface area contributed by atoms with Crippen molar-refractivity contribution in [2.24, 2.45) is 0 Å². The number of aryl methyl sites for hydroxylation is 1. The first-order valence-electron chi connectivity index (χ1n) is 6.09. The molecule has 1 N–H and O–H groups in total. The number of amides is 1. The summed E-state index contributed by atoms with van der Waals surface area (Å²) in [5.74, 6) is 0.951. The third-order valence-corrected chi connectivity index (χ3v) is 2.49. The maximum absolute atomic E-state index is 11.8. The Morgan fingerprint density at radius 3 is 2.47 bits per heavy atom. The van der Waals surface area contributed by atoms with Crippen LogP contribution >= 0.6 is 0 Å². The van der Waals surface area contributed by atoms with E-state index in [2.05, 4.69) is 10.5 Å². The molecule has 0 aromatic carbocycles. The Morgan fingerprint density at radius 2 is 2.00 bits per heavy atom. The molecular formula is C12H21N3O4. The standard InChI is InChI=1S/C12H21N3O4/c1-10-8-11(14-19-10)13-12(16)9-15(4-6-17-2)5-7-18-3/h8H,4-7,9H2,1-3H3,(H,13,14,16). The Morgan fingerprint density at radius 1 is 1.37 bits per heavy atom. The van der Waals surface area contributed by atoms with E-state index in [1.54, 1.807) is 27.2 Å². The van der Waals surface area contributed by atoms with Crippen LogP contribution in [0.25, 0.3) is 0 Å². The summed E-state index contributed by atoms with van der Waals surface area (Å²) < 4.78 is 14.9. The first kappa shape index (κ1) is 15.6. The van der Waals surface area contributed by atoms with Gasteiger partial charge in [-0.05, 0) is 6.92 Å². The molecule has 0 bridgehead atoms. The third-order valence-electron chi connectivity index (χ3n) is 2.49. The van der Waals surface area contributed by atoms with Crippen LogP contribution in [-0.4, -0.2) is 63.0 Å². The average Bonchev–Trinajstić information content (AvgIpc) is 2.78. The molecule has 0 saturated carbocycles. The molecule has 1 amide bonds. The highest BCUT2D eigenvalue weighted by molar-refractivity contribution is 5.91. The molecule has 0 aliphatic carbocycles. The SMILES string of the molecule is COCCN(CCOC)CC(=O)Nc1cc(C)on1. The van der Waals surface area contributed by atoms with Gasteiger partial charge in [0, 0.05) is 33.4 Å². The van der Waals surface area contributed by atoms with E-state index in [1.165, 1.54) is 0 Å². The van der Waals surface area contributed by atoms with Crippen molar-refractivity contribution >= 4 is 11.7 Å². The number of carbonyl (C=O) groups excluding carboxylic acids is 1. The second-order valence-corrected chi connectivity index (χ2v) is 4.13. The van der Waals surface area contributed by atoms with Gasteiger partial charge in [0.25, 0.3) is 0 Å². The second-order valence-electron chi connectivity index (χ2n) is 4.13. The minimum atomic E-state index is -0.138. The van der Waals surface area contributed by atoms with Crippen molar-refractivity contribution in [3.8, 4) is 0 Å². The average molecular weight is 271 g/mol. The van der Waals surface area contributed by atoms with Crippen LogP contribution in [0.15, 0.2) is 10.6 Å². The summed E-state index contributed by atoms with van der Waals surface area (Å²) in [6.45, 7) is 4.52. The highest BCUT2D eigenvalue weighted by Crippen LogP contribution is 2.06. The lowest BCUT2D eigenvalue weighted by atomic mass is 10.4. The number of nitrogens with one attached hydrogen (secondary N) is 1. The summed E-state index contributed by atoms with van der Waals surface area (Å²) in [7, 11) is 3.26. The fourth-order valence-electron chi connectivity index (χ4n) is 1.52. The molecule has 0 fully saturated rings. The molecule has 0 saturated heterocycles. The van der Waals surface area contributed by atoms with Crippen LogP contribution in [-0.2, 0) is 14.3 Å². The Kier molecular flexibility index (Phi) is 7.09. The van der Waals surface area contributed by atoms with Gasteiger partial charge in [-0.1, -0.05) is 5.16 Å². The van der Waals surface area contributed by atoms with Crippen molar-refractivity contribution in [2.45, 2.75) is 6.92 Å². The molecule has 19 heavy (non-hydrogen) atoms. The molecule has 1 aromatic heterocycles. The van der Waals surface area contributed by atoms with E-state index >= 15 is 0 Å². The van der Waals surface area contributed by atoms with Gasteiger partial charge < -0.3 is 19.3 Å². The minimum Gasteiger partial charge on any atom is -0.383 e. The van der Waals surface area contributed by atoms with Crippen LogP contribution in [0.1, 0.15) is 5.76 Å². The molecule has 0 spiro atoms. The zero-order valence-electron chi connectivity index (χ0n) is 11.6. The maximum Gasteiger partial charge on any atom is 0.239 e. The molecule has 0 atom stereocenters. The summed E-state index contributed by atoms with van der Waals surface area (Å²) in [5, 5.41) is 6.39. The van der Waals surface area contributed by atoms with E-state index in [0.717, 1.165) is 0 Å². The van der Waals surface area contributed by atoms with Crippen molar-refractivity contribution in [3.05, 3.63) is 11.8 Å². The van der Waals surface area contributed by atoms with Gasteiger partial charge in [0.05, 0.1) is 19.8 Å². The Labute approximate surface area is 112 Å². The van der Waals surface area contributed by atoms with Crippen molar-refractivity contribution in [2.75, 3.05) is 52.4 Å². The summed E-state index contributed by atoms with van der Waals surface area (Å²) >= 11 is 0. The maximum atomic E-state index is 11.8. The molecule has 1 rings (SSSR count). The van der Waals surface area contributed by atoms with Crippen molar-refractivity contribution in [1.29, 1.82) is 0 Å². The smallest absolute Gasteiger partial charge is 0.239 e. The highest BCUT2D eigenvalue weighted by atomic mass is 16.5. The molecule has 0 unspecified atom stereocenters. The van der Waals surface area contributed by atoms with Gasteiger partial charge >= 0.3 is 0 Å². The monoisotopic (exact) mass is 271 g/mol. The minimum absolute atomic E-state index is 0.138. The van der Waals surface area contributed by atoms with Crippen LogP contribution < -0.4 is 5.32 Å². The lowest BCUT2D eigenvalue weighted by molar-refractivity contribution is -0.117. The number of nitrogens with zero attached hydrogens (tertiary/aromatic N) is 2. The zero-order chi connectivity index (χ0) is 14.1. The summed E-state index contributed by atoms with van der Waals surface area (Å²) in [5.41, 5.74) is 0. The number of carbonyl (C=O) groups is 1. The fraction of sp³-hybridized carbons (Fsp3) is 0.667. The van der Waals surface area contributed by atoms with Gasteiger partial charge in [-0.2, -0.15) is 0 Å². The largest absolute Gasteiger partial charge is 0.383 e. The number of methoxy groups -OCH3 is 2. The topological polar surface area (TPSA) is 76.8 Å². The molecule has 108 valence electrons. The Balaban J connectivity index is 2.40. The summed E-state index contributed by atoms with van der Waals surface area (Å²) in [4.78, 5) is 13.8. The fourth-order valence-corrected chi connectivity index (χ4v) is 1.52. The quantitative estimate of drug-likeness (QED) is 0.705. The second kappa shape index (κ2) is 8.63. The van der Waals surface area contributed by atoms with Gasteiger partial charge in [-0.25, -0.2) is 0 Å². The molecule has 0 radical (unpaired) electrons. The van der Waals surface area contributed by atoms with Gasteiger partial charge in [0.15, 0.2) is 5.82 Å². The van der Waals surface area contributed by atoms with Crippen LogP contribution in [0, 0.1) is 6.92 Å². The Hall–Kier alpha value is -1.44. The predicted molar refractivity (Wildman–Crippen MR) is 70.1 cm³/mol. The predicted octanol–water partition coefficient (Wildman–Crippen LogP) is 0.516. The van der Waals surface area contributed by atoms with E-state index in [-0.39, 0.29) is 12.5 Å². The molecule has 1 aromatic rings. The number of ether oxygens (including phenoxy) is 2. The van der Waals surface area contributed by atoms with Crippen LogP contribution in [0.3, 0.4) is 0 Å². The van der Waals surface area contributed by atoms with Gasteiger partial charge in [-0.3, -0.25) is 9.69 Å². The van der Waals surface area contributed by atoms with Crippen LogP contribution in [0.2, 0.25) is 0 Å². The van der Waals surface area contributed by atoms with Crippen LogP contribution in [0.5, 0.6) is 0 Å². The molecular weight excluding hydrogens is 250 g/mol. The molecule has 0 aliphatic heterocycles.